The fourth-order valence-corrected chi connectivity index (χ4v) is 5.23. The van der Waals surface area contributed by atoms with Crippen LogP contribution in [-0.2, 0) is 21.4 Å². The van der Waals surface area contributed by atoms with E-state index in [1.807, 2.05) is 24.6 Å². The molecule has 0 spiro atoms. The summed E-state index contributed by atoms with van der Waals surface area (Å²) in [6.07, 6.45) is 5.32. The Morgan fingerprint density at radius 1 is 1.18 bits per heavy atom. The van der Waals surface area contributed by atoms with E-state index in [4.69, 9.17) is 0 Å². The number of carbonyl (C=O) groups is 1. The van der Waals surface area contributed by atoms with Crippen LogP contribution < -0.4 is 0 Å². The first-order valence-electron chi connectivity index (χ1n) is 10.2. The van der Waals surface area contributed by atoms with Crippen molar-refractivity contribution in [1.82, 2.24) is 23.9 Å². The molecule has 1 aromatic rings. The Labute approximate surface area is 168 Å². The van der Waals surface area contributed by atoms with Gasteiger partial charge in [0.25, 0.3) is 0 Å². The molecule has 1 amide bonds. The van der Waals surface area contributed by atoms with E-state index in [2.05, 4.69) is 10.00 Å². The number of carbonyl (C=O) groups excluding carboxylic acids is 1. The molecule has 0 bridgehead atoms. The lowest BCUT2D eigenvalue weighted by Crippen LogP contribution is -2.63. The molecule has 2 aliphatic heterocycles. The number of aryl methyl sites for hydroxylation is 3. The largest absolute Gasteiger partial charge is 0.339 e. The Hall–Kier alpha value is -1.45. The molecule has 2 aliphatic rings. The van der Waals surface area contributed by atoms with Crippen LogP contribution in [0.4, 0.5) is 0 Å². The van der Waals surface area contributed by atoms with Crippen molar-refractivity contribution in [3.05, 3.63) is 17.5 Å². The summed E-state index contributed by atoms with van der Waals surface area (Å²) in [5, 5.41) is 4.38. The van der Waals surface area contributed by atoms with E-state index in [9.17, 15) is 13.2 Å². The first-order chi connectivity index (χ1) is 13.2. The van der Waals surface area contributed by atoms with E-state index in [0.717, 1.165) is 31.0 Å². The molecule has 3 heterocycles. The van der Waals surface area contributed by atoms with Gasteiger partial charge in [0, 0.05) is 44.8 Å². The maximum Gasteiger partial charge on any atom is 0.224 e. The van der Waals surface area contributed by atoms with Gasteiger partial charge in [0.15, 0.2) is 0 Å². The molecule has 2 saturated heterocycles. The first-order valence-corrected chi connectivity index (χ1v) is 12.1. The zero-order valence-electron chi connectivity index (χ0n) is 17.3. The minimum absolute atomic E-state index is 0.0632. The lowest BCUT2D eigenvalue weighted by atomic mass is 10.1. The minimum Gasteiger partial charge on any atom is -0.339 e. The lowest BCUT2D eigenvalue weighted by molar-refractivity contribution is -0.137. The fourth-order valence-electron chi connectivity index (χ4n) is 4.14. The molecule has 0 saturated carbocycles. The highest BCUT2D eigenvalue weighted by Gasteiger charge is 2.38. The van der Waals surface area contributed by atoms with Crippen LogP contribution in [0.3, 0.4) is 0 Å². The normalized spacial score (nSPS) is 19.2. The van der Waals surface area contributed by atoms with Crippen molar-refractivity contribution in [1.29, 1.82) is 0 Å². The number of likely N-dealkylation sites (tertiary alicyclic amines) is 2. The number of hydrogen-bond donors (Lipinski definition) is 0. The van der Waals surface area contributed by atoms with Crippen molar-refractivity contribution in [3.8, 4) is 0 Å². The molecule has 0 unspecified atom stereocenters. The molecule has 0 atom stereocenters. The standard InChI is InChI=1S/C19H33N5O3S/c1-16-13-17(2)23(20-16)10-7-19(25)22-14-18(15-22)24(28(3,26)27)12-11-21-8-5-4-6-9-21/h13,18H,4-12,14-15H2,1-3H3. The number of amides is 1. The minimum atomic E-state index is -3.28. The van der Waals surface area contributed by atoms with Crippen molar-refractivity contribution >= 4 is 15.9 Å². The summed E-state index contributed by atoms with van der Waals surface area (Å²) >= 11 is 0. The summed E-state index contributed by atoms with van der Waals surface area (Å²) in [7, 11) is -3.28. The van der Waals surface area contributed by atoms with Crippen LogP contribution in [0.1, 0.15) is 37.1 Å². The Kier molecular flexibility index (Phi) is 6.77. The molecular formula is C19H33N5O3S. The van der Waals surface area contributed by atoms with Gasteiger partial charge in [-0.2, -0.15) is 9.40 Å². The molecule has 8 nitrogen and oxygen atoms in total. The summed E-state index contributed by atoms with van der Waals surface area (Å²) in [5.41, 5.74) is 2.00. The second-order valence-electron chi connectivity index (χ2n) is 8.13. The predicted octanol–water partition coefficient (Wildman–Crippen LogP) is 0.848. The molecule has 2 fully saturated rings. The summed E-state index contributed by atoms with van der Waals surface area (Å²) in [6, 6.07) is 1.90. The van der Waals surface area contributed by atoms with Gasteiger partial charge in [-0.3, -0.25) is 9.48 Å². The van der Waals surface area contributed by atoms with Gasteiger partial charge in [-0.1, -0.05) is 6.42 Å². The highest BCUT2D eigenvalue weighted by Crippen LogP contribution is 2.20. The van der Waals surface area contributed by atoms with Crippen LogP contribution in [0.5, 0.6) is 0 Å². The van der Waals surface area contributed by atoms with E-state index in [-0.39, 0.29) is 11.9 Å². The molecule has 0 radical (unpaired) electrons. The molecule has 158 valence electrons. The molecule has 0 N–H and O–H groups in total. The SMILES string of the molecule is Cc1cc(C)n(CCC(=O)N2CC(N(CCN3CCCCC3)S(C)(=O)=O)C2)n1. The van der Waals surface area contributed by atoms with Gasteiger partial charge in [-0.15, -0.1) is 0 Å². The van der Waals surface area contributed by atoms with E-state index in [1.165, 1.54) is 25.5 Å². The molecule has 1 aromatic heterocycles. The van der Waals surface area contributed by atoms with Crippen LogP contribution in [0.25, 0.3) is 0 Å². The quantitative estimate of drug-likeness (QED) is 0.634. The average Bonchev–Trinajstić information content (AvgIpc) is 2.91. The van der Waals surface area contributed by atoms with Gasteiger partial charge < -0.3 is 9.80 Å². The maximum absolute atomic E-state index is 12.4. The number of piperidine rings is 1. The van der Waals surface area contributed by atoms with Crippen molar-refractivity contribution in [2.24, 2.45) is 0 Å². The van der Waals surface area contributed by atoms with Crippen molar-refractivity contribution in [2.75, 3.05) is 45.5 Å². The Morgan fingerprint density at radius 2 is 1.86 bits per heavy atom. The maximum atomic E-state index is 12.4. The van der Waals surface area contributed by atoms with Crippen LogP contribution in [0, 0.1) is 13.8 Å². The third-order valence-electron chi connectivity index (χ3n) is 5.77. The smallest absolute Gasteiger partial charge is 0.224 e. The van der Waals surface area contributed by atoms with E-state index in [0.29, 0.717) is 32.6 Å². The van der Waals surface area contributed by atoms with Gasteiger partial charge >= 0.3 is 0 Å². The topological polar surface area (TPSA) is 78.8 Å². The number of nitrogens with zero attached hydrogens (tertiary/aromatic N) is 5. The predicted molar refractivity (Wildman–Crippen MR) is 109 cm³/mol. The molecule has 9 heteroatoms. The van der Waals surface area contributed by atoms with Crippen molar-refractivity contribution in [3.63, 3.8) is 0 Å². The summed E-state index contributed by atoms with van der Waals surface area (Å²) in [5.74, 6) is 0.0632. The molecule has 28 heavy (non-hydrogen) atoms. The number of rotatable bonds is 8. The van der Waals surface area contributed by atoms with Crippen LogP contribution in [0.2, 0.25) is 0 Å². The van der Waals surface area contributed by atoms with Gasteiger partial charge in [0.1, 0.15) is 0 Å². The Balaban J connectivity index is 1.47. The van der Waals surface area contributed by atoms with Crippen LogP contribution >= 0.6 is 0 Å². The highest BCUT2D eigenvalue weighted by molar-refractivity contribution is 7.88. The monoisotopic (exact) mass is 411 g/mol. The van der Waals surface area contributed by atoms with E-state index in [1.54, 1.807) is 9.21 Å². The molecule has 3 rings (SSSR count). The van der Waals surface area contributed by atoms with Crippen LogP contribution in [-0.4, -0.2) is 89.8 Å². The van der Waals surface area contributed by atoms with Crippen molar-refractivity contribution < 1.29 is 13.2 Å². The highest BCUT2D eigenvalue weighted by atomic mass is 32.2. The average molecular weight is 412 g/mol. The van der Waals surface area contributed by atoms with E-state index < -0.39 is 10.0 Å². The lowest BCUT2D eigenvalue weighted by Gasteiger charge is -2.44. The third-order valence-corrected chi connectivity index (χ3v) is 7.11. The number of hydrogen-bond acceptors (Lipinski definition) is 5. The molecule has 0 aliphatic carbocycles. The van der Waals surface area contributed by atoms with Crippen LogP contribution in [0.15, 0.2) is 6.07 Å². The van der Waals surface area contributed by atoms with Gasteiger partial charge in [-0.05, 0) is 45.8 Å². The second-order valence-corrected chi connectivity index (χ2v) is 10.1. The molecular weight excluding hydrogens is 378 g/mol. The van der Waals surface area contributed by atoms with Gasteiger partial charge in [0.05, 0.1) is 18.0 Å². The Morgan fingerprint density at radius 3 is 2.43 bits per heavy atom. The first kappa shape index (κ1) is 21.3. The summed E-state index contributed by atoms with van der Waals surface area (Å²) in [4.78, 5) is 16.6. The zero-order chi connectivity index (χ0) is 20.3. The van der Waals surface area contributed by atoms with Crippen molar-refractivity contribution in [2.45, 2.75) is 52.1 Å². The summed E-state index contributed by atoms with van der Waals surface area (Å²) in [6.45, 7) is 8.85. The Bertz CT molecular complexity index is 779. The summed E-state index contributed by atoms with van der Waals surface area (Å²) < 4.78 is 28.0. The second kappa shape index (κ2) is 8.92. The zero-order valence-corrected chi connectivity index (χ0v) is 18.1. The number of aromatic nitrogens is 2. The number of sulfonamides is 1. The van der Waals surface area contributed by atoms with Gasteiger partial charge in [-0.25, -0.2) is 8.42 Å². The van der Waals surface area contributed by atoms with Gasteiger partial charge in [0.2, 0.25) is 15.9 Å². The van der Waals surface area contributed by atoms with E-state index >= 15 is 0 Å². The molecule has 0 aromatic carbocycles. The fraction of sp³-hybridized carbons (Fsp3) is 0.789. The third kappa shape index (κ3) is 5.33.